The molecule has 2 N–H and O–H groups in total. The third kappa shape index (κ3) is 2.57. The van der Waals surface area contributed by atoms with Crippen molar-refractivity contribution in [2.75, 3.05) is 11.9 Å². The molecule has 1 aliphatic rings. The summed E-state index contributed by atoms with van der Waals surface area (Å²) >= 11 is 0. The van der Waals surface area contributed by atoms with E-state index in [1.165, 1.54) is 22.8 Å². The summed E-state index contributed by atoms with van der Waals surface area (Å²) in [7, 11) is 0. The number of aromatic nitrogens is 3. The molecule has 0 saturated heterocycles. The number of carbonyl (C=O) groups is 1. The molecule has 2 aromatic heterocycles. The molecule has 9 heteroatoms. The lowest BCUT2D eigenvalue weighted by atomic mass is 10.1. The molecule has 1 amide bonds. The number of benzene rings is 1. The molecule has 3 aromatic rings. The zero-order chi connectivity index (χ0) is 18.3. The molecule has 1 aromatic carbocycles. The molecular formula is C17H13FN6O2. The van der Waals surface area contributed by atoms with Crippen molar-refractivity contribution in [2.24, 2.45) is 0 Å². The number of hydrogen-bond donors (Lipinski definition) is 2. The van der Waals surface area contributed by atoms with E-state index in [9.17, 15) is 14.4 Å². The van der Waals surface area contributed by atoms with Crippen LogP contribution in [0.25, 0.3) is 5.65 Å². The summed E-state index contributed by atoms with van der Waals surface area (Å²) in [6.45, 7) is 1.98. The van der Waals surface area contributed by atoms with Crippen LogP contribution in [0.15, 0.2) is 30.6 Å². The fourth-order valence-corrected chi connectivity index (χ4v) is 2.71. The second kappa shape index (κ2) is 6.00. The lowest BCUT2D eigenvalue weighted by Gasteiger charge is -2.20. The summed E-state index contributed by atoms with van der Waals surface area (Å²) < 4.78 is 21.3. The quantitative estimate of drug-likeness (QED) is 0.641. The van der Waals surface area contributed by atoms with Gasteiger partial charge < -0.3 is 15.4 Å². The van der Waals surface area contributed by atoms with Gasteiger partial charge in [-0.1, -0.05) is 0 Å². The Morgan fingerprint density at radius 3 is 3.08 bits per heavy atom. The van der Waals surface area contributed by atoms with E-state index in [0.717, 1.165) is 0 Å². The van der Waals surface area contributed by atoms with Crippen molar-refractivity contribution < 1.29 is 13.9 Å². The van der Waals surface area contributed by atoms with Gasteiger partial charge in [-0.2, -0.15) is 10.4 Å². The maximum absolute atomic E-state index is 14.1. The van der Waals surface area contributed by atoms with Crippen molar-refractivity contribution in [2.45, 2.75) is 13.0 Å². The number of hydrogen-bond acceptors (Lipinski definition) is 6. The fourth-order valence-electron chi connectivity index (χ4n) is 2.71. The van der Waals surface area contributed by atoms with Gasteiger partial charge >= 0.3 is 0 Å². The van der Waals surface area contributed by atoms with E-state index in [-0.39, 0.29) is 23.7 Å². The highest BCUT2D eigenvalue weighted by molar-refractivity contribution is 5.99. The number of ether oxygens (including phenoxy) is 1. The SMILES string of the molecule is CC1CNC(=O)c2cnn3ccc(nc23)Nc2c(ccc(F)c2C#N)O1. The standard InChI is InChI=1S/C17H13FN6O2/c1-9-7-20-17(25)11-8-21-24-5-4-14(23-16(11)24)22-15-10(6-19)12(18)2-3-13(15)26-9/h2-5,8-9H,7H2,1H3,(H,20,25)(H,22,23). The van der Waals surface area contributed by atoms with Gasteiger partial charge in [-0.15, -0.1) is 0 Å². The van der Waals surface area contributed by atoms with Crippen LogP contribution >= 0.6 is 0 Å². The summed E-state index contributed by atoms with van der Waals surface area (Å²) in [6, 6.07) is 6.06. The first-order valence-corrected chi connectivity index (χ1v) is 7.85. The van der Waals surface area contributed by atoms with Gasteiger partial charge in [-0.3, -0.25) is 4.79 Å². The minimum absolute atomic E-state index is 0.175. The first-order valence-electron chi connectivity index (χ1n) is 7.85. The van der Waals surface area contributed by atoms with Crippen LogP contribution in [0.3, 0.4) is 0 Å². The van der Waals surface area contributed by atoms with Gasteiger partial charge in [0, 0.05) is 6.20 Å². The van der Waals surface area contributed by atoms with Gasteiger partial charge in [0.2, 0.25) is 0 Å². The number of nitriles is 1. The minimum atomic E-state index is -0.665. The van der Waals surface area contributed by atoms with Crippen LogP contribution < -0.4 is 15.4 Å². The van der Waals surface area contributed by atoms with E-state index in [1.54, 1.807) is 19.2 Å². The van der Waals surface area contributed by atoms with Gasteiger partial charge in [0.25, 0.3) is 5.91 Å². The van der Waals surface area contributed by atoms with Crippen molar-refractivity contribution in [1.29, 1.82) is 5.26 Å². The van der Waals surface area contributed by atoms with Crippen LogP contribution in [0, 0.1) is 17.1 Å². The third-order valence-corrected chi connectivity index (χ3v) is 3.97. The number of rotatable bonds is 0. The van der Waals surface area contributed by atoms with Crippen molar-refractivity contribution >= 4 is 23.1 Å². The van der Waals surface area contributed by atoms with Gasteiger partial charge in [0.1, 0.15) is 46.4 Å². The molecule has 0 saturated carbocycles. The predicted octanol–water partition coefficient (Wildman–Crippen LogP) is 1.99. The number of amides is 1. The molecule has 2 bridgehead atoms. The summed E-state index contributed by atoms with van der Waals surface area (Å²) in [5.74, 6) is -0.368. The van der Waals surface area contributed by atoms with Crippen LogP contribution in [0.4, 0.5) is 15.9 Å². The lowest BCUT2D eigenvalue weighted by Crippen LogP contribution is -2.34. The number of halogens is 1. The van der Waals surface area contributed by atoms with E-state index in [0.29, 0.717) is 22.8 Å². The third-order valence-electron chi connectivity index (χ3n) is 3.97. The highest BCUT2D eigenvalue weighted by Gasteiger charge is 2.21. The predicted molar refractivity (Wildman–Crippen MR) is 89.8 cm³/mol. The molecular weight excluding hydrogens is 339 g/mol. The molecule has 0 radical (unpaired) electrons. The molecule has 0 fully saturated rings. The fraction of sp³-hybridized carbons (Fsp3) is 0.176. The molecule has 1 aliphatic heterocycles. The van der Waals surface area contributed by atoms with Crippen LogP contribution in [0.5, 0.6) is 5.75 Å². The summed E-state index contributed by atoms with van der Waals surface area (Å²) in [5.41, 5.74) is 0.662. The minimum Gasteiger partial charge on any atom is -0.487 e. The summed E-state index contributed by atoms with van der Waals surface area (Å²) in [4.78, 5) is 16.7. The van der Waals surface area contributed by atoms with E-state index >= 15 is 0 Å². The van der Waals surface area contributed by atoms with Crippen LogP contribution in [0.2, 0.25) is 0 Å². The van der Waals surface area contributed by atoms with Crippen molar-refractivity contribution in [3.63, 3.8) is 0 Å². The Morgan fingerprint density at radius 2 is 2.27 bits per heavy atom. The number of carbonyl (C=O) groups excluding carboxylic acids is 1. The van der Waals surface area contributed by atoms with Crippen LogP contribution in [0.1, 0.15) is 22.8 Å². The molecule has 1 atom stereocenters. The molecule has 4 rings (SSSR count). The highest BCUT2D eigenvalue weighted by atomic mass is 19.1. The average Bonchev–Trinajstić information content (AvgIpc) is 3.04. The van der Waals surface area contributed by atoms with E-state index in [1.807, 2.05) is 6.07 Å². The molecule has 0 aliphatic carbocycles. The maximum Gasteiger partial charge on any atom is 0.256 e. The molecule has 0 spiro atoms. The average molecular weight is 352 g/mol. The van der Waals surface area contributed by atoms with E-state index < -0.39 is 11.9 Å². The largest absolute Gasteiger partial charge is 0.487 e. The second-order valence-corrected chi connectivity index (χ2v) is 5.81. The summed E-state index contributed by atoms with van der Waals surface area (Å²) in [6.07, 6.45) is 2.63. The Labute approximate surface area is 147 Å². The molecule has 3 heterocycles. The molecule has 8 nitrogen and oxygen atoms in total. The second-order valence-electron chi connectivity index (χ2n) is 5.81. The molecule has 26 heavy (non-hydrogen) atoms. The zero-order valence-electron chi connectivity index (χ0n) is 13.7. The molecule has 130 valence electrons. The van der Waals surface area contributed by atoms with Crippen molar-refractivity contribution in [1.82, 2.24) is 19.9 Å². The highest BCUT2D eigenvalue weighted by Crippen LogP contribution is 2.33. The number of fused-ring (bicyclic) bond motifs is 2. The topological polar surface area (TPSA) is 104 Å². The van der Waals surface area contributed by atoms with E-state index in [2.05, 4.69) is 20.7 Å². The smallest absolute Gasteiger partial charge is 0.256 e. The van der Waals surface area contributed by atoms with Crippen molar-refractivity contribution in [3.8, 4) is 11.8 Å². The monoisotopic (exact) mass is 352 g/mol. The van der Waals surface area contributed by atoms with E-state index in [4.69, 9.17) is 4.74 Å². The maximum atomic E-state index is 14.1. The normalized spacial score (nSPS) is 16.5. The van der Waals surface area contributed by atoms with Gasteiger partial charge in [-0.05, 0) is 25.1 Å². The first kappa shape index (κ1) is 15.8. The number of nitrogens with one attached hydrogen (secondary N) is 2. The number of anilines is 2. The Kier molecular flexibility index (Phi) is 3.65. The lowest BCUT2D eigenvalue weighted by molar-refractivity contribution is 0.0934. The van der Waals surface area contributed by atoms with Gasteiger partial charge in [0.05, 0.1) is 12.7 Å². The zero-order valence-corrected chi connectivity index (χ0v) is 13.7. The number of nitrogens with zero attached hydrogens (tertiary/aromatic N) is 4. The van der Waals surface area contributed by atoms with Gasteiger partial charge in [0.15, 0.2) is 5.65 Å². The van der Waals surface area contributed by atoms with Gasteiger partial charge in [-0.25, -0.2) is 13.9 Å². The summed E-state index contributed by atoms with van der Waals surface area (Å²) in [5, 5.41) is 19.1. The molecule has 1 unspecified atom stereocenters. The Bertz CT molecular complexity index is 1070. The Balaban J connectivity index is 1.93. The van der Waals surface area contributed by atoms with Crippen LogP contribution in [-0.2, 0) is 0 Å². The van der Waals surface area contributed by atoms with Crippen LogP contribution in [-0.4, -0.2) is 33.2 Å². The first-order chi connectivity index (χ1) is 12.6. The Morgan fingerprint density at radius 1 is 1.42 bits per heavy atom. The van der Waals surface area contributed by atoms with Crippen molar-refractivity contribution in [3.05, 3.63) is 47.5 Å². The Hall–Kier alpha value is -3.67.